The SMILES string of the molecule is O=C(CN1CCSc2ccccc21)Nc1ccc2c(c1)OCCO2. The quantitative estimate of drug-likeness (QED) is 0.929. The molecule has 6 heteroatoms. The summed E-state index contributed by atoms with van der Waals surface area (Å²) >= 11 is 1.84. The molecule has 2 aromatic rings. The van der Waals surface area contributed by atoms with Crippen molar-refractivity contribution < 1.29 is 14.3 Å². The van der Waals surface area contributed by atoms with E-state index in [1.165, 1.54) is 4.90 Å². The molecule has 0 aliphatic carbocycles. The van der Waals surface area contributed by atoms with Crippen LogP contribution in [-0.4, -0.2) is 38.0 Å². The third-order valence-electron chi connectivity index (χ3n) is 3.99. The fraction of sp³-hybridized carbons (Fsp3) is 0.278. The number of benzene rings is 2. The number of fused-ring (bicyclic) bond motifs is 2. The molecule has 0 spiro atoms. The van der Waals surface area contributed by atoms with Crippen LogP contribution in [0.2, 0.25) is 0 Å². The van der Waals surface area contributed by atoms with Crippen molar-refractivity contribution in [1.82, 2.24) is 0 Å². The summed E-state index contributed by atoms with van der Waals surface area (Å²) < 4.78 is 11.0. The molecule has 4 rings (SSSR count). The van der Waals surface area contributed by atoms with Gasteiger partial charge in [-0.2, -0.15) is 0 Å². The van der Waals surface area contributed by atoms with E-state index >= 15 is 0 Å². The highest BCUT2D eigenvalue weighted by Crippen LogP contribution is 2.34. The number of thioether (sulfide) groups is 1. The van der Waals surface area contributed by atoms with Gasteiger partial charge in [0.15, 0.2) is 11.5 Å². The molecule has 2 aliphatic rings. The molecule has 24 heavy (non-hydrogen) atoms. The van der Waals surface area contributed by atoms with Crippen LogP contribution in [0, 0.1) is 0 Å². The predicted molar refractivity (Wildman–Crippen MR) is 95.4 cm³/mol. The largest absolute Gasteiger partial charge is 0.486 e. The Morgan fingerprint density at radius 2 is 1.96 bits per heavy atom. The summed E-state index contributed by atoms with van der Waals surface area (Å²) in [5, 5.41) is 2.95. The van der Waals surface area contributed by atoms with Crippen molar-refractivity contribution >= 4 is 29.0 Å². The van der Waals surface area contributed by atoms with Gasteiger partial charge < -0.3 is 19.7 Å². The maximum Gasteiger partial charge on any atom is 0.243 e. The van der Waals surface area contributed by atoms with Crippen LogP contribution in [-0.2, 0) is 4.79 Å². The first-order chi connectivity index (χ1) is 11.8. The smallest absolute Gasteiger partial charge is 0.243 e. The van der Waals surface area contributed by atoms with Gasteiger partial charge in [0.05, 0.1) is 12.2 Å². The fourth-order valence-electron chi connectivity index (χ4n) is 2.89. The van der Waals surface area contributed by atoms with Gasteiger partial charge in [-0.05, 0) is 24.3 Å². The second-order valence-corrected chi connectivity index (χ2v) is 6.78. The fourth-order valence-corrected chi connectivity index (χ4v) is 3.94. The number of hydrogen-bond acceptors (Lipinski definition) is 5. The van der Waals surface area contributed by atoms with E-state index in [0.29, 0.717) is 25.5 Å². The number of hydrogen-bond donors (Lipinski definition) is 1. The van der Waals surface area contributed by atoms with Crippen molar-refractivity contribution in [1.29, 1.82) is 0 Å². The van der Waals surface area contributed by atoms with Crippen LogP contribution >= 0.6 is 11.8 Å². The van der Waals surface area contributed by atoms with Crippen LogP contribution in [0.4, 0.5) is 11.4 Å². The van der Waals surface area contributed by atoms with Gasteiger partial charge >= 0.3 is 0 Å². The van der Waals surface area contributed by atoms with Crippen LogP contribution in [0.5, 0.6) is 11.5 Å². The average Bonchev–Trinajstić information content (AvgIpc) is 2.62. The third-order valence-corrected chi connectivity index (χ3v) is 5.03. The Morgan fingerprint density at radius 1 is 1.12 bits per heavy atom. The van der Waals surface area contributed by atoms with Crippen molar-refractivity contribution in [2.45, 2.75) is 4.90 Å². The molecule has 124 valence electrons. The van der Waals surface area contributed by atoms with Gasteiger partial charge in [-0.25, -0.2) is 0 Å². The molecule has 1 N–H and O–H groups in total. The van der Waals surface area contributed by atoms with Gasteiger partial charge in [0.1, 0.15) is 13.2 Å². The van der Waals surface area contributed by atoms with Gasteiger partial charge in [-0.1, -0.05) is 12.1 Å². The number of nitrogens with one attached hydrogen (secondary N) is 1. The minimum Gasteiger partial charge on any atom is -0.486 e. The van der Waals surface area contributed by atoms with E-state index in [4.69, 9.17) is 9.47 Å². The Bertz CT molecular complexity index is 766. The number of carbonyl (C=O) groups excluding carboxylic acids is 1. The maximum atomic E-state index is 12.4. The van der Waals surface area contributed by atoms with E-state index < -0.39 is 0 Å². The zero-order chi connectivity index (χ0) is 16.4. The number of nitrogens with zero attached hydrogens (tertiary/aromatic N) is 1. The van der Waals surface area contributed by atoms with Gasteiger partial charge in [-0.3, -0.25) is 4.79 Å². The number of para-hydroxylation sites is 1. The zero-order valence-electron chi connectivity index (χ0n) is 13.2. The zero-order valence-corrected chi connectivity index (χ0v) is 14.0. The molecule has 0 radical (unpaired) electrons. The third kappa shape index (κ3) is 3.14. The lowest BCUT2D eigenvalue weighted by atomic mass is 10.2. The first-order valence-electron chi connectivity index (χ1n) is 7.96. The molecule has 0 fully saturated rings. The minimum absolute atomic E-state index is 0.0339. The van der Waals surface area contributed by atoms with E-state index in [2.05, 4.69) is 22.3 Å². The van der Waals surface area contributed by atoms with Crippen molar-refractivity contribution in [3.63, 3.8) is 0 Å². The molecular weight excluding hydrogens is 324 g/mol. The van der Waals surface area contributed by atoms with E-state index in [0.717, 1.165) is 29.4 Å². The summed E-state index contributed by atoms with van der Waals surface area (Å²) in [7, 11) is 0. The lowest BCUT2D eigenvalue weighted by molar-refractivity contribution is -0.115. The topological polar surface area (TPSA) is 50.8 Å². The van der Waals surface area contributed by atoms with Crippen molar-refractivity contribution in [3.8, 4) is 11.5 Å². The van der Waals surface area contributed by atoms with E-state index in [1.54, 1.807) is 0 Å². The van der Waals surface area contributed by atoms with Crippen molar-refractivity contribution in [2.24, 2.45) is 0 Å². The molecule has 0 bridgehead atoms. The average molecular weight is 342 g/mol. The number of rotatable bonds is 3. The maximum absolute atomic E-state index is 12.4. The molecule has 0 aromatic heterocycles. The van der Waals surface area contributed by atoms with Crippen molar-refractivity contribution in [3.05, 3.63) is 42.5 Å². The highest BCUT2D eigenvalue weighted by atomic mass is 32.2. The number of carbonyl (C=O) groups is 1. The Morgan fingerprint density at radius 3 is 2.88 bits per heavy atom. The van der Waals surface area contributed by atoms with Crippen molar-refractivity contribution in [2.75, 3.05) is 42.3 Å². The Labute approximate surface area is 144 Å². The first kappa shape index (κ1) is 15.2. The van der Waals surface area contributed by atoms with E-state index in [1.807, 2.05) is 42.1 Å². The summed E-state index contributed by atoms with van der Waals surface area (Å²) in [6.45, 7) is 2.31. The van der Waals surface area contributed by atoms with Crippen LogP contribution < -0.4 is 19.7 Å². The molecule has 0 atom stereocenters. The molecule has 5 nitrogen and oxygen atoms in total. The van der Waals surface area contributed by atoms with Crippen LogP contribution in [0.1, 0.15) is 0 Å². The summed E-state index contributed by atoms with van der Waals surface area (Å²) in [5.74, 6) is 2.36. The minimum atomic E-state index is -0.0339. The van der Waals surface area contributed by atoms with E-state index in [9.17, 15) is 4.79 Å². The second-order valence-electron chi connectivity index (χ2n) is 5.64. The van der Waals surface area contributed by atoms with Crippen LogP contribution in [0.3, 0.4) is 0 Å². The standard InChI is InChI=1S/C18H18N2O3S/c21-18(12-20-7-10-24-17-4-2-1-3-14(17)20)19-13-5-6-15-16(11-13)23-9-8-22-15/h1-6,11H,7-10,12H2,(H,19,21). The van der Waals surface area contributed by atoms with Gasteiger partial charge in [-0.15, -0.1) is 11.8 Å². The Hall–Kier alpha value is -2.34. The predicted octanol–water partition coefficient (Wildman–Crippen LogP) is 3.01. The summed E-state index contributed by atoms with van der Waals surface area (Å²) in [4.78, 5) is 15.8. The lowest BCUT2D eigenvalue weighted by Gasteiger charge is -2.30. The van der Waals surface area contributed by atoms with E-state index in [-0.39, 0.29) is 5.91 Å². The van der Waals surface area contributed by atoms with Gasteiger partial charge in [0.2, 0.25) is 5.91 Å². The number of anilines is 2. The summed E-state index contributed by atoms with van der Waals surface area (Å²) in [5.41, 5.74) is 1.86. The summed E-state index contributed by atoms with van der Waals surface area (Å²) in [6, 6.07) is 13.7. The second kappa shape index (κ2) is 6.65. The monoisotopic (exact) mass is 342 g/mol. The molecule has 1 amide bonds. The molecule has 2 aromatic carbocycles. The molecular formula is C18H18N2O3S. The molecule has 0 saturated heterocycles. The van der Waals surface area contributed by atoms with Crippen LogP contribution in [0.15, 0.2) is 47.4 Å². The normalized spacial score (nSPS) is 15.6. The Kier molecular flexibility index (Phi) is 4.21. The lowest BCUT2D eigenvalue weighted by Crippen LogP contribution is -2.36. The van der Waals surface area contributed by atoms with Crippen LogP contribution in [0.25, 0.3) is 0 Å². The van der Waals surface area contributed by atoms with Gasteiger partial charge in [0, 0.05) is 28.9 Å². The first-order valence-corrected chi connectivity index (χ1v) is 8.94. The van der Waals surface area contributed by atoms with Gasteiger partial charge in [0.25, 0.3) is 0 Å². The molecule has 0 unspecified atom stereocenters. The number of amides is 1. The highest BCUT2D eigenvalue weighted by molar-refractivity contribution is 7.99. The number of ether oxygens (including phenoxy) is 2. The summed E-state index contributed by atoms with van der Waals surface area (Å²) in [6.07, 6.45) is 0. The molecule has 0 saturated carbocycles. The molecule has 2 heterocycles. The molecule has 2 aliphatic heterocycles. The Balaban J connectivity index is 1.44. The highest BCUT2D eigenvalue weighted by Gasteiger charge is 2.19.